The van der Waals surface area contributed by atoms with Crippen molar-refractivity contribution in [1.82, 2.24) is 0 Å². The fourth-order valence-electron chi connectivity index (χ4n) is 3.10. The minimum atomic E-state index is -0.224. The molecule has 1 aliphatic heterocycles. The fraction of sp³-hybridized carbons (Fsp3) is 0.0476. The van der Waals surface area contributed by atoms with Gasteiger partial charge in [-0.1, -0.05) is 48.5 Å². The smallest absolute Gasteiger partial charge is 0.198 e. The molecule has 0 saturated heterocycles. The number of ether oxygens (including phenoxy) is 1. The summed E-state index contributed by atoms with van der Waals surface area (Å²) in [6.45, 7) is 1.89. The molecule has 0 atom stereocenters. The van der Waals surface area contributed by atoms with E-state index in [2.05, 4.69) is 0 Å². The van der Waals surface area contributed by atoms with Gasteiger partial charge in [-0.3, -0.25) is 9.59 Å². The van der Waals surface area contributed by atoms with Crippen LogP contribution in [0.25, 0.3) is 5.57 Å². The predicted octanol–water partition coefficient (Wildman–Crippen LogP) is 4.37. The molecule has 3 nitrogen and oxygen atoms in total. The molecule has 0 saturated carbocycles. The molecule has 2 aliphatic rings. The van der Waals surface area contributed by atoms with Gasteiger partial charge >= 0.3 is 0 Å². The summed E-state index contributed by atoms with van der Waals surface area (Å²) in [5.74, 6) is 0.805. The number of allylic oxidation sites excluding steroid dienone is 5. The van der Waals surface area contributed by atoms with Gasteiger partial charge in [-0.2, -0.15) is 0 Å². The van der Waals surface area contributed by atoms with E-state index in [0.29, 0.717) is 28.2 Å². The Balaban J connectivity index is 2.00. The van der Waals surface area contributed by atoms with Gasteiger partial charge in [0, 0.05) is 22.3 Å². The number of hydrogen-bond donors (Lipinski definition) is 0. The lowest BCUT2D eigenvalue weighted by atomic mass is 9.93. The van der Waals surface area contributed by atoms with Gasteiger partial charge in [0.25, 0.3) is 0 Å². The van der Waals surface area contributed by atoms with Crippen molar-refractivity contribution in [2.75, 3.05) is 0 Å². The molecular weight excluding hydrogens is 300 g/mol. The van der Waals surface area contributed by atoms with Crippen LogP contribution < -0.4 is 4.74 Å². The number of Topliss-reactive ketones (excluding diaryl/α,β-unsaturated/α-hetero) is 2. The molecule has 0 unspecified atom stereocenters. The Kier molecular flexibility index (Phi) is 3.28. The molecule has 0 aromatic heterocycles. The molecule has 1 aliphatic carbocycles. The topological polar surface area (TPSA) is 43.4 Å². The van der Waals surface area contributed by atoms with Crippen LogP contribution >= 0.6 is 0 Å². The Morgan fingerprint density at radius 1 is 0.833 bits per heavy atom. The summed E-state index contributed by atoms with van der Waals surface area (Å²) >= 11 is 0. The number of ketones is 2. The summed E-state index contributed by atoms with van der Waals surface area (Å²) in [5, 5.41) is 0. The van der Waals surface area contributed by atoms with Gasteiger partial charge in [-0.15, -0.1) is 0 Å². The minimum Gasteiger partial charge on any atom is -0.457 e. The summed E-state index contributed by atoms with van der Waals surface area (Å²) in [7, 11) is 0. The Bertz CT molecular complexity index is 937. The van der Waals surface area contributed by atoms with Crippen molar-refractivity contribution < 1.29 is 14.3 Å². The summed E-state index contributed by atoms with van der Waals surface area (Å²) in [4.78, 5) is 25.6. The van der Waals surface area contributed by atoms with Crippen molar-refractivity contribution in [1.29, 1.82) is 0 Å². The number of rotatable bonds is 1. The van der Waals surface area contributed by atoms with Crippen LogP contribution in [-0.4, -0.2) is 11.6 Å². The normalized spacial score (nSPS) is 16.1. The van der Waals surface area contributed by atoms with Crippen molar-refractivity contribution in [3.63, 3.8) is 0 Å². The Morgan fingerprint density at radius 3 is 2.04 bits per heavy atom. The van der Waals surface area contributed by atoms with Crippen LogP contribution in [0.5, 0.6) is 5.75 Å². The zero-order valence-electron chi connectivity index (χ0n) is 13.1. The van der Waals surface area contributed by atoms with Crippen LogP contribution in [0.1, 0.15) is 33.2 Å². The molecule has 2 aromatic carbocycles. The fourth-order valence-corrected chi connectivity index (χ4v) is 3.10. The van der Waals surface area contributed by atoms with Gasteiger partial charge < -0.3 is 4.74 Å². The van der Waals surface area contributed by atoms with Gasteiger partial charge in [0.2, 0.25) is 0 Å². The van der Waals surface area contributed by atoms with Crippen molar-refractivity contribution in [2.45, 2.75) is 6.92 Å². The molecular formula is C21H14O3. The number of hydrogen-bond acceptors (Lipinski definition) is 3. The number of para-hydroxylation sites is 1. The van der Waals surface area contributed by atoms with E-state index in [1.807, 2.05) is 43.3 Å². The van der Waals surface area contributed by atoms with Crippen molar-refractivity contribution >= 4 is 17.1 Å². The summed E-state index contributed by atoms with van der Waals surface area (Å²) < 4.78 is 5.83. The van der Waals surface area contributed by atoms with Crippen LogP contribution in [0, 0.1) is 0 Å². The average molecular weight is 314 g/mol. The highest BCUT2D eigenvalue weighted by Gasteiger charge is 2.36. The van der Waals surface area contributed by atoms with Crippen LogP contribution in [0.15, 0.2) is 78.1 Å². The molecule has 3 heteroatoms. The summed E-state index contributed by atoms with van der Waals surface area (Å²) in [6.07, 6.45) is 5.43. The first-order chi connectivity index (χ1) is 11.7. The van der Waals surface area contributed by atoms with Gasteiger partial charge in [-0.25, -0.2) is 0 Å². The van der Waals surface area contributed by atoms with E-state index in [1.54, 1.807) is 30.3 Å². The lowest BCUT2D eigenvalue weighted by Gasteiger charge is -2.19. The molecule has 0 N–H and O–H groups in total. The average Bonchev–Trinajstić information content (AvgIpc) is 2.86. The number of benzene rings is 2. The predicted molar refractivity (Wildman–Crippen MR) is 92.0 cm³/mol. The number of fused-ring (bicyclic) bond motifs is 2. The van der Waals surface area contributed by atoms with Crippen LogP contribution in [0.2, 0.25) is 0 Å². The molecule has 4 rings (SSSR count). The van der Waals surface area contributed by atoms with E-state index in [4.69, 9.17) is 4.74 Å². The van der Waals surface area contributed by atoms with Crippen molar-refractivity contribution in [3.05, 3.63) is 94.8 Å². The zero-order valence-corrected chi connectivity index (χ0v) is 13.1. The largest absolute Gasteiger partial charge is 0.457 e. The second kappa shape index (κ2) is 5.46. The second-order valence-electron chi connectivity index (χ2n) is 5.64. The van der Waals surface area contributed by atoms with Crippen molar-refractivity contribution in [2.24, 2.45) is 0 Å². The van der Waals surface area contributed by atoms with E-state index in [9.17, 15) is 9.59 Å². The monoisotopic (exact) mass is 314 g/mol. The van der Waals surface area contributed by atoms with Crippen LogP contribution in [0.3, 0.4) is 0 Å². The zero-order chi connectivity index (χ0) is 16.7. The lowest BCUT2D eigenvalue weighted by molar-refractivity contribution is 0.0990. The lowest BCUT2D eigenvalue weighted by Crippen LogP contribution is -2.09. The Hall–Kier alpha value is -3.20. The maximum atomic E-state index is 12.8. The van der Waals surface area contributed by atoms with E-state index < -0.39 is 0 Å². The molecule has 24 heavy (non-hydrogen) atoms. The van der Waals surface area contributed by atoms with Gasteiger partial charge in [0.15, 0.2) is 11.6 Å². The number of carbonyl (C=O) groups is 2. The summed E-state index contributed by atoms with van der Waals surface area (Å²) in [5.41, 5.74) is 2.53. The molecule has 1 heterocycles. The highest BCUT2D eigenvalue weighted by atomic mass is 16.5. The first kappa shape index (κ1) is 14.4. The minimum absolute atomic E-state index is 0.217. The van der Waals surface area contributed by atoms with Gasteiger partial charge in [0.1, 0.15) is 11.5 Å². The molecule has 116 valence electrons. The highest BCUT2D eigenvalue weighted by Crippen LogP contribution is 2.39. The van der Waals surface area contributed by atoms with Crippen LogP contribution in [0.4, 0.5) is 0 Å². The molecule has 0 fully saturated rings. The van der Waals surface area contributed by atoms with Crippen LogP contribution in [-0.2, 0) is 0 Å². The first-order valence-corrected chi connectivity index (χ1v) is 7.75. The summed E-state index contributed by atoms with van der Waals surface area (Å²) in [6, 6.07) is 14.4. The van der Waals surface area contributed by atoms with Crippen molar-refractivity contribution in [3.8, 4) is 5.75 Å². The maximum Gasteiger partial charge on any atom is 0.198 e. The first-order valence-electron chi connectivity index (χ1n) is 7.75. The Morgan fingerprint density at radius 2 is 1.42 bits per heavy atom. The van der Waals surface area contributed by atoms with E-state index >= 15 is 0 Å². The number of carbonyl (C=O) groups excluding carboxylic acids is 2. The molecule has 0 radical (unpaired) electrons. The SMILES string of the molecule is C/C=C/C1=CC(=C2C(=O)c3ccccc3C2=O)c2ccccc2O1. The Labute approximate surface area is 139 Å². The van der Waals surface area contributed by atoms with Gasteiger partial charge in [-0.05, 0) is 25.1 Å². The van der Waals surface area contributed by atoms with E-state index in [0.717, 1.165) is 5.56 Å². The molecule has 0 amide bonds. The standard InChI is InChI=1S/C21H14O3/c1-2-7-13-12-17(14-8-5-6-11-18(14)24-13)19-20(22)15-9-3-4-10-16(15)21(19)23/h2-12H,1H3/b7-2+. The quantitative estimate of drug-likeness (QED) is 0.580. The van der Waals surface area contributed by atoms with Gasteiger partial charge in [0.05, 0.1) is 5.57 Å². The third-order valence-electron chi connectivity index (χ3n) is 4.16. The third kappa shape index (κ3) is 2.06. The molecule has 0 bridgehead atoms. The van der Waals surface area contributed by atoms with E-state index in [-0.39, 0.29) is 17.1 Å². The molecule has 2 aromatic rings. The second-order valence-corrected chi connectivity index (χ2v) is 5.64. The maximum absolute atomic E-state index is 12.8. The highest BCUT2D eigenvalue weighted by molar-refractivity contribution is 6.42. The van der Waals surface area contributed by atoms with E-state index in [1.165, 1.54) is 0 Å². The third-order valence-corrected chi connectivity index (χ3v) is 4.16. The molecule has 0 spiro atoms.